The molecule has 25 heavy (non-hydrogen) atoms. The molecule has 0 spiro atoms. The lowest BCUT2D eigenvalue weighted by atomic mass is 9.99. The minimum absolute atomic E-state index is 0.0239. The van der Waals surface area contributed by atoms with E-state index < -0.39 is 0 Å². The largest absolute Gasteiger partial charge is 0.500 e. The number of hydrogen-bond donors (Lipinski definition) is 0. The number of carbonyl (C=O) groups excluding carboxylic acids is 1. The Labute approximate surface area is 155 Å². The van der Waals surface area contributed by atoms with E-state index in [9.17, 15) is 4.79 Å². The first-order valence-electron chi connectivity index (χ1n) is 8.03. The van der Waals surface area contributed by atoms with Crippen molar-refractivity contribution in [3.63, 3.8) is 0 Å². The van der Waals surface area contributed by atoms with Crippen LogP contribution in [0.3, 0.4) is 0 Å². The number of esters is 1. The smallest absolute Gasteiger partial charge is 0.334 e. The quantitative estimate of drug-likeness (QED) is 0.719. The zero-order chi connectivity index (χ0) is 18.0. The maximum absolute atomic E-state index is 11.6. The molecule has 0 aromatic carbocycles. The zero-order valence-electron chi connectivity index (χ0n) is 14.6. The fraction of sp³-hybridized carbons (Fsp3) is 0.389. The second-order valence-electron chi connectivity index (χ2n) is 6.10. The molecule has 0 bridgehead atoms. The number of aromatic nitrogens is 2. The third kappa shape index (κ3) is 3.99. The molecule has 2 aromatic heterocycles. The highest BCUT2D eigenvalue weighted by atomic mass is 32.1. The van der Waals surface area contributed by atoms with Crippen LogP contribution in [-0.4, -0.2) is 29.2 Å². The minimum Gasteiger partial charge on any atom is -0.500 e. The number of nitrogens with zero attached hydrogens (tertiary/aromatic N) is 2. The van der Waals surface area contributed by atoms with Gasteiger partial charge in [0.1, 0.15) is 22.6 Å². The van der Waals surface area contributed by atoms with Crippen molar-refractivity contribution in [1.29, 1.82) is 0 Å². The van der Waals surface area contributed by atoms with Crippen LogP contribution in [0.15, 0.2) is 28.7 Å². The van der Waals surface area contributed by atoms with E-state index in [1.165, 1.54) is 6.08 Å². The normalized spacial score (nSPS) is 20.8. The lowest BCUT2D eigenvalue weighted by Gasteiger charge is -2.26. The van der Waals surface area contributed by atoms with Gasteiger partial charge in [0.05, 0.1) is 29.8 Å². The highest BCUT2D eigenvalue weighted by molar-refractivity contribution is 7.14. The summed E-state index contributed by atoms with van der Waals surface area (Å²) in [6.07, 6.45) is 4.77. The van der Waals surface area contributed by atoms with Crippen LogP contribution in [0.1, 0.15) is 37.4 Å². The van der Waals surface area contributed by atoms with Gasteiger partial charge < -0.3 is 9.47 Å². The van der Waals surface area contributed by atoms with Crippen LogP contribution in [0.5, 0.6) is 0 Å². The summed E-state index contributed by atoms with van der Waals surface area (Å²) in [7, 11) is 1.56. The Balaban J connectivity index is 1.73. The first-order chi connectivity index (χ1) is 12.0. The Kier molecular flexibility index (Phi) is 5.34. The molecule has 0 saturated carbocycles. The van der Waals surface area contributed by atoms with E-state index in [0.29, 0.717) is 11.7 Å². The molecule has 0 radical (unpaired) electrons. The van der Waals surface area contributed by atoms with Gasteiger partial charge >= 0.3 is 5.97 Å². The van der Waals surface area contributed by atoms with E-state index in [2.05, 4.69) is 23.8 Å². The molecule has 3 heterocycles. The monoisotopic (exact) mass is 376 g/mol. The van der Waals surface area contributed by atoms with E-state index in [4.69, 9.17) is 9.47 Å². The van der Waals surface area contributed by atoms with Crippen LogP contribution in [-0.2, 0) is 14.3 Å². The van der Waals surface area contributed by atoms with Crippen molar-refractivity contribution in [1.82, 2.24) is 9.97 Å². The van der Waals surface area contributed by atoms with Crippen LogP contribution in [0, 0.1) is 5.92 Å². The Morgan fingerprint density at radius 1 is 1.28 bits per heavy atom. The van der Waals surface area contributed by atoms with Crippen LogP contribution in [0.25, 0.3) is 16.8 Å². The molecule has 0 N–H and O–H groups in total. The van der Waals surface area contributed by atoms with Gasteiger partial charge in [0.2, 0.25) is 0 Å². The van der Waals surface area contributed by atoms with Crippen molar-refractivity contribution < 1.29 is 14.3 Å². The van der Waals surface area contributed by atoms with Crippen molar-refractivity contribution in [2.45, 2.75) is 32.8 Å². The SMILES string of the molecule is COC1=CC(=O)O[C@@H](/C=C/c2csc(-c3csc(C(C)C)n3)n2)[C@H]1C. The third-order valence-electron chi connectivity index (χ3n) is 3.90. The van der Waals surface area contributed by atoms with Gasteiger partial charge in [0, 0.05) is 16.7 Å². The lowest BCUT2D eigenvalue weighted by molar-refractivity contribution is -0.145. The van der Waals surface area contributed by atoms with E-state index in [1.807, 2.05) is 29.8 Å². The molecule has 0 amide bonds. The molecule has 1 aliphatic rings. The van der Waals surface area contributed by atoms with Gasteiger partial charge in [-0.1, -0.05) is 20.8 Å². The van der Waals surface area contributed by atoms with E-state index in [-0.39, 0.29) is 18.0 Å². The topological polar surface area (TPSA) is 61.3 Å². The second kappa shape index (κ2) is 7.49. The Hall–Kier alpha value is -1.99. The predicted octanol–water partition coefficient (Wildman–Crippen LogP) is 4.50. The minimum atomic E-state index is -0.382. The molecule has 7 heteroatoms. The summed E-state index contributed by atoms with van der Waals surface area (Å²) < 4.78 is 10.6. The molecular formula is C18H20N2O3S2. The summed E-state index contributed by atoms with van der Waals surface area (Å²) in [4.78, 5) is 20.9. The molecule has 0 saturated heterocycles. The maximum atomic E-state index is 11.6. The molecule has 2 aromatic rings. The van der Waals surface area contributed by atoms with Crippen molar-refractivity contribution in [2.24, 2.45) is 5.92 Å². The summed E-state index contributed by atoms with van der Waals surface area (Å²) in [5.41, 5.74) is 1.75. The third-order valence-corrected chi connectivity index (χ3v) is 5.93. The molecule has 1 aliphatic heterocycles. The molecule has 0 aliphatic carbocycles. The standard InChI is InChI=1S/C18H20N2O3S2/c1-10(2)17-20-13(9-25-17)18-19-12(8-24-18)5-6-14-11(3)15(22-4)7-16(21)23-14/h5-11,14H,1-4H3/b6-5+/t11-,14+/m1/s1. The highest BCUT2D eigenvalue weighted by Crippen LogP contribution is 2.29. The van der Waals surface area contributed by atoms with Crippen molar-refractivity contribution >= 4 is 34.7 Å². The number of cyclic esters (lactones) is 1. The van der Waals surface area contributed by atoms with Gasteiger partial charge in [-0.05, 0) is 12.2 Å². The number of ether oxygens (including phenoxy) is 2. The first-order valence-corrected chi connectivity index (χ1v) is 9.79. The fourth-order valence-corrected chi connectivity index (χ4v) is 4.10. The summed E-state index contributed by atoms with van der Waals surface area (Å²) in [5.74, 6) is 0.647. The first kappa shape index (κ1) is 17.8. The number of hydrogen-bond acceptors (Lipinski definition) is 7. The average Bonchev–Trinajstić information content (AvgIpc) is 3.24. The fourth-order valence-electron chi connectivity index (χ4n) is 2.46. The van der Waals surface area contributed by atoms with Crippen molar-refractivity contribution in [2.75, 3.05) is 7.11 Å². The van der Waals surface area contributed by atoms with Gasteiger partial charge in [-0.25, -0.2) is 14.8 Å². The molecule has 132 valence electrons. The summed E-state index contributed by atoms with van der Waals surface area (Å²) in [6, 6.07) is 0. The van der Waals surface area contributed by atoms with Crippen molar-refractivity contribution in [3.05, 3.63) is 39.4 Å². The van der Waals surface area contributed by atoms with Gasteiger partial charge in [0.25, 0.3) is 0 Å². The number of methoxy groups -OCH3 is 1. The molecule has 0 fully saturated rings. The average molecular weight is 377 g/mol. The Morgan fingerprint density at radius 2 is 2.08 bits per heavy atom. The van der Waals surface area contributed by atoms with E-state index in [0.717, 1.165) is 21.4 Å². The molecule has 0 unspecified atom stereocenters. The van der Waals surface area contributed by atoms with E-state index in [1.54, 1.807) is 29.8 Å². The molecule has 2 atom stereocenters. The lowest BCUT2D eigenvalue weighted by Crippen LogP contribution is -2.29. The van der Waals surface area contributed by atoms with Crippen LogP contribution in [0.2, 0.25) is 0 Å². The van der Waals surface area contributed by atoms with Crippen LogP contribution in [0.4, 0.5) is 0 Å². The van der Waals surface area contributed by atoms with Gasteiger partial charge in [0.15, 0.2) is 0 Å². The predicted molar refractivity (Wildman–Crippen MR) is 100 cm³/mol. The Morgan fingerprint density at radius 3 is 2.76 bits per heavy atom. The van der Waals surface area contributed by atoms with Gasteiger partial charge in [-0.3, -0.25) is 0 Å². The van der Waals surface area contributed by atoms with Gasteiger partial charge in [-0.2, -0.15) is 0 Å². The Bertz CT molecular complexity index is 820. The van der Waals surface area contributed by atoms with E-state index >= 15 is 0 Å². The second-order valence-corrected chi connectivity index (χ2v) is 7.85. The number of rotatable bonds is 5. The molecule has 5 nitrogen and oxygen atoms in total. The number of carbonyl (C=O) groups is 1. The highest BCUT2D eigenvalue weighted by Gasteiger charge is 2.28. The van der Waals surface area contributed by atoms with Gasteiger partial charge in [-0.15, -0.1) is 22.7 Å². The van der Waals surface area contributed by atoms with Crippen LogP contribution < -0.4 is 0 Å². The van der Waals surface area contributed by atoms with Crippen LogP contribution >= 0.6 is 22.7 Å². The molecule has 3 rings (SSSR count). The summed E-state index contributed by atoms with van der Waals surface area (Å²) in [5, 5.41) is 6.03. The molecular weight excluding hydrogens is 356 g/mol. The number of thiazole rings is 2. The zero-order valence-corrected chi connectivity index (χ0v) is 16.2. The van der Waals surface area contributed by atoms with Crippen molar-refractivity contribution in [3.8, 4) is 10.7 Å². The summed E-state index contributed by atoms with van der Waals surface area (Å²) in [6.45, 7) is 6.23. The summed E-state index contributed by atoms with van der Waals surface area (Å²) >= 11 is 3.22. The maximum Gasteiger partial charge on any atom is 0.334 e.